The number of carbonyl (C=O) groups is 1. The maximum absolute atomic E-state index is 12.1. The molecule has 1 aliphatic rings. The summed E-state index contributed by atoms with van der Waals surface area (Å²) in [4.78, 5) is 14.2. The summed E-state index contributed by atoms with van der Waals surface area (Å²) in [6.07, 6.45) is 2.05. The predicted molar refractivity (Wildman–Crippen MR) is 79.8 cm³/mol. The highest BCUT2D eigenvalue weighted by Crippen LogP contribution is 2.22. The Hall–Kier alpha value is -0.420. The Bertz CT molecular complexity index is 467. The molecule has 2 rings (SSSR count). The van der Waals surface area contributed by atoms with Gasteiger partial charge in [0.05, 0.1) is 11.1 Å². The summed E-state index contributed by atoms with van der Waals surface area (Å²) >= 11 is 9.39. The van der Waals surface area contributed by atoms with Crippen molar-refractivity contribution in [3.8, 4) is 0 Å². The van der Waals surface area contributed by atoms with Crippen molar-refractivity contribution >= 4 is 33.3 Å². The number of carbonyl (C=O) groups excluding carboxylic acids is 1. The van der Waals surface area contributed by atoms with Crippen molar-refractivity contribution in [2.24, 2.45) is 0 Å². The smallest absolute Gasteiger partial charge is 0.165 e. The lowest BCUT2D eigenvalue weighted by Crippen LogP contribution is -2.39. The van der Waals surface area contributed by atoms with Crippen LogP contribution in [0.3, 0.4) is 0 Å². The van der Waals surface area contributed by atoms with Crippen molar-refractivity contribution in [2.75, 3.05) is 19.6 Å². The number of benzene rings is 1. The molecule has 0 radical (unpaired) electrons. The molecular formula is C14H17BrClNO2. The predicted octanol–water partition coefficient (Wildman–Crippen LogP) is 3.13. The molecule has 0 aliphatic carbocycles. The van der Waals surface area contributed by atoms with E-state index in [0.29, 0.717) is 30.1 Å². The van der Waals surface area contributed by atoms with Gasteiger partial charge >= 0.3 is 0 Å². The van der Waals surface area contributed by atoms with Gasteiger partial charge in [0.1, 0.15) is 0 Å². The summed E-state index contributed by atoms with van der Waals surface area (Å²) in [5, 5.41) is 10.1. The molecule has 1 heterocycles. The van der Waals surface area contributed by atoms with Crippen molar-refractivity contribution in [3.63, 3.8) is 0 Å². The summed E-state index contributed by atoms with van der Waals surface area (Å²) in [5.41, 5.74) is 0.572. The van der Waals surface area contributed by atoms with Gasteiger partial charge in [0.15, 0.2) is 5.78 Å². The maximum Gasteiger partial charge on any atom is 0.165 e. The molecule has 1 unspecified atom stereocenters. The summed E-state index contributed by atoms with van der Waals surface area (Å²) in [6.45, 7) is 2.31. The number of aliphatic hydroxyl groups is 1. The van der Waals surface area contributed by atoms with Gasteiger partial charge in [-0.05, 0) is 37.6 Å². The summed E-state index contributed by atoms with van der Waals surface area (Å²) in [6, 6.07) is 5.31. The fourth-order valence-corrected chi connectivity index (χ4v) is 3.12. The average Bonchev–Trinajstić information content (AvgIpc) is 2.36. The number of halogens is 2. The van der Waals surface area contributed by atoms with Gasteiger partial charge in [-0.2, -0.15) is 0 Å². The van der Waals surface area contributed by atoms with Gasteiger partial charge in [0.2, 0.25) is 0 Å². The van der Waals surface area contributed by atoms with Gasteiger partial charge in [0.25, 0.3) is 0 Å². The number of likely N-dealkylation sites (tertiary alicyclic amines) is 1. The van der Waals surface area contributed by atoms with E-state index in [9.17, 15) is 9.90 Å². The van der Waals surface area contributed by atoms with Crippen LogP contribution < -0.4 is 0 Å². The number of aliphatic hydroxyl groups excluding tert-OH is 1. The van der Waals surface area contributed by atoms with Crippen LogP contribution in [0.4, 0.5) is 0 Å². The van der Waals surface area contributed by atoms with Gasteiger partial charge in [-0.25, -0.2) is 0 Å². The molecule has 0 amide bonds. The van der Waals surface area contributed by atoms with E-state index in [2.05, 4.69) is 20.8 Å². The third-order valence-electron chi connectivity index (χ3n) is 3.37. The molecule has 19 heavy (non-hydrogen) atoms. The molecule has 0 spiro atoms. The van der Waals surface area contributed by atoms with Crippen molar-refractivity contribution in [3.05, 3.63) is 33.3 Å². The van der Waals surface area contributed by atoms with Gasteiger partial charge in [-0.1, -0.05) is 27.5 Å². The number of rotatable bonds is 4. The Morgan fingerprint density at radius 1 is 1.53 bits per heavy atom. The highest BCUT2D eigenvalue weighted by molar-refractivity contribution is 9.10. The Labute approximate surface area is 126 Å². The SMILES string of the molecule is O=C(CCN1CCCC(O)C1)c1ccc(Br)cc1Cl. The van der Waals surface area contributed by atoms with E-state index in [4.69, 9.17) is 11.6 Å². The van der Waals surface area contributed by atoms with Crippen LogP contribution in [0, 0.1) is 0 Å². The molecule has 1 aromatic rings. The number of piperidine rings is 1. The van der Waals surface area contributed by atoms with Crippen LogP contribution in [0.25, 0.3) is 0 Å². The fourth-order valence-electron chi connectivity index (χ4n) is 2.34. The number of nitrogens with zero attached hydrogens (tertiary/aromatic N) is 1. The highest BCUT2D eigenvalue weighted by Gasteiger charge is 2.19. The van der Waals surface area contributed by atoms with Gasteiger partial charge in [0, 0.05) is 29.5 Å². The molecule has 0 saturated carbocycles. The van der Waals surface area contributed by atoms with E-state index in [1.807, 2.05) is 6.07 Å². The lowest BCUT2D eigenvalue weighted by Gasteiger charge is -2.29. The minimum Gasteiger partial charge on any atom is -0.392 e. The molecule has 0 aromatic heterocycles. The van der Waals surface area contributed by atoms with Gasteiger partial charge in [-0.15, -0.1) is 0 Å². The number of hydrogen-bond acceptors (Lipinski definition) is 3. The van der Waals surface area contributed by atoms with E-state index in [1.165, 1.54) is 0 Å². The molecule has 1 aromatic carbocycles. The second kappa shape index (κ2) is 6.84. The van der Waals surface area contributed by atoms with E-state index in [1.54, 1.807) is 12.1 Å². The summed E-state index contributed by atoms with van der Waals surface area (Å²) < 4.78 is 0.869. The van der Waals surface area contributed by atoms with Crippen LogP contribution in [0.5, 0.6) is 0 Å². The molecule has 1 aliphatic heterocycles. The quantitative estimate of drug-likeness (QED) is 0.852. The zero-order chi connectivity index (χ0) is 13.8. The Kier molecular flexibility index (Phi) is 5.39. The van der Waals surface area contributed by atoms with E-state index < -0.39 is 0 Å². The first-order valence-corrected chi connectivity index (χ1v) is 7.62. The minimum absolute atomic E-state index is 0.0533. The molecule has 1 atom stereocenters. The van der Waals surface area contributed by atoms with E-state index in [-0.39, 0.29) is 11.9 Å². The minimum atomic E-state index is -0.250. The second-order valence-electron chi connectivity index (χ2n) is 4.89. The number of hydrogen-bond donors (Lipinski definition) is 1. The van der Waals surface area contributed by atoms with Crippen LogP contribution >= 0.6 is 27.5 Å². The number of ketones is 1. The van der Waals surface area contributed by atoms with E-state index >= 15 is 0 Å². The van der Waals surface area contributed by atoms with Gasteiger partial charge < -0.3 is 10.0 Å². The van der Waals surface area contributed by atoms with Crippen molar-refractivity contribution < 1.29 is 9.90 Å². The first kappa shape index (κ1) is 15.0. The largest absolute Gasteiger partial charge is 0.392 e. The van der Waals surface area contributed by atoms with Crippen molar-refractivity contribution in [2.45, 2.75) is 25.4 Å². The number of Topliss-reactive ketones (excluding diaryl/α,β-unsaturated/α-hetero) is 1. The Balaban J connectivity index is 1.90. The van der Waals surface area contributed by atoms with Crippen LogP contribution in [0.1, 0.15) is 29.6 Å². The summed E-state index contributed by atoms with van der Waals surface area (Å²) in [7, 11) is 0. The second-order valence-corrected chi connectivity index (χ2v) is 6.22. The number of β-amino-alcohol motifs (C(OH)–C–C–N with tert-alkyl or cyclic N) is 1. The third-order valence-corrected chi connectivity index (χ3v) is 4.17. The molecule has 1 fully saturated rings. The lowest BCUT2D eigenvalue weighted by atomic mass is 10.1. The summed E-state index contributed by atoms with van der Waals surface area (Å²) in [5.74, 6) is 0.0533. The van der Waals surface area contributed by atoms with Crippen LogP contribution in [0.2, 0.25) is 5.02 Å². The standard InChI is InChI=1S/C14H17BrClNO2/c15-10-3-4-12(13(16)8-10)14(19)5-7-17-6-1-2-11(18)9-17/h3-4,8,11,18H,1-2,5-7,9H2. The first-order chi connectivity index (χ1) is 9.06. The zero-order valence-corrected chi connectivity index (χ0v) is 13.0. The molecule has 0 bridgehead atoms. The molecule has 3 nitrogen and oxygen atoms in total. The topological polar surface area (TPSA) is 40.5 Å². The normalized spacial score (nSPS) is 20.5. The van der Waals surface area contributed by atoms with Crippen LogP contribution in [-0.4, -0.2) is 41.5 Å². The van der Waals surface area contributed by atoms with E-state index in [0.717, 1.165) is 23.9 Å². The molecule has 5 heteroatoms. The van der Waals surface area contributed by atoms with Crippen molar-refractivity contribution in [1.82, 2.24) is 4.90 Å². The lowest BCUT2D eigenvalue weighted by molar-refractivity contribution is 0.0670. The highest BCUT2D eigenvalue weighted by atomic mass is 79.9. The molecule has 104 valence electrons. The maximum atomic E-state index is 12.1. The zero-order valence-electron chi connectivity index (χ0n) is 10.6. The van der Waals surface area contributed by atoms with Crippen molar-refractivity contribution in [1.29, 1.82) is 0 Å². The van der Waals surface area contributed by atoms with Crippen LogP contribution in [0.15, 0.2) is 22.7 Å². The Morgan fingerprint density at radius 2 is 2.32 bits per heavy atom. The first-order valence-electron chi connectivity index (χ1n) is 6.45. The monoisotopic (exact) mass is 345 g/mol. The molecule has 1 saturated heterocycles. The Morgan fingerprint density at radius 3 is 3.00 bits per heavy atom. The molecular weight excluding hydrogens is 330 g/mol. The third kappa shape index (κ3) is 4.28. The fraction of sp³-hybridized carbons (Fsp3) is 0.500. The van der Waals surface area contributed by atoms with Crippen LogP contribution in [-0.2, 0) is 0 Å². The van der Waals surface area contributed by atoms with Gasteiger partial charge in [-0.3, -0.25) is 4.79 Å². The average molecular weight is 347 g/mol. The molecule has 1 N–H and O–H groups in total.